The summed E-state index contributed by atoms with van der Waals surface area (Å²) in [6, 6.07) is 6.39. The third-order valence-corrected chi connectivity index (χ3v) is 2.96. The number of hydrogen-bond donors (Lipinski definition) is 2. The number of aromatic nitrogens is 1. The second kappa shape index (κ2) is 4.25. The van der Waals surface area contributed by atoms with Crippen LogP contribution in [-0.2, 0) is 6.42 Å². The summed E-state index contributed by atoms with van der Waals surface area (Å²) in [6.07, 6.45) is 0.957. The van der Waals surface area contributed by atoms with Gasteiger partial charge in [-0.3, -0.25) is 0 Å². The molecule has 0 atom stereocenters. The number of benzene rings is 1. The Kier molecular flexibility index (Phi) is 2.98. The SMILES string of the molecule is CNCCc1c(Cl)[nH]c2cc(C)ccc12. The molecule has 0 aliphatic carbocycles. The first-order chi connectivity index (χ1) is 7.22. The number of rotatable bonds is 3. The van der Waals surface area contributed by atoms with Gasteiger partial charge in [0, 0.05) is 10.9 Å². The van der Waals surface area contributed by atoms with Gasteiger partial charge in [-0.1, -0.05) is 23.7 Å². The first-order valence-electron chi connectivity index (χ1n) is 5.13. The lowest BCUT2D eigenvalue weighted by molar-refractivity contribution is 0.795. The summed E-state index contributed by atoms with van der Waals surface area (Å²) in [6.45, 7) is 3.03. The first-order valence-corrected chi connectivity index (χ1v) is 5.51. The zero-order chi connectivity index (χ0) is 10.8. The molecule has 1 aromatic carbocycles. The van der Waals surface area contributed by atoms with E-state index < -0.39 is 0 Å². The average molecular weight is 223 g/mol. The fourth-order valence-corrected chi connectivity index (χ4v) is 2.13. The molecular formula is C12H15ClN2. The van der Waals surface area contributed by atoms with Crippen LogP contribution in [-0.4, -0.2) is 18.6 Å². The summed E-state index contributed by atoms with van der Waals surface area (Å²) in [5.41, 5.74) is 3.59. The van der Waals surface area contributed by atoms with E-state index in [1.807, 2.05) is 7.05 Å². The highest BCUT2D eigenvalue weighted by Crippen LogP contribution is 2.27. The molecule has 2 rings (SSSR count). The van der Waals surface area contributed by atoms with Gasteiger partial charge in [0.25, 0.3) is 0 Å². The van der Waals surface area contributed by atoms with E-state index in [4.69, 9.17) is 11.6 Å². The van der Waals surface area contributed by atoms with Crippen molar-refractivity contribution in [3.8, 4) is 0 Å². The minimum atomic E-state index is 0.769. The fraction of sp³-hybridized carbons (Fsp3) is 0.333. The maximum atomic E-state index is 6.17. The van der Waals surface area contributed by atoms with Crippen molar-refractivity contribution in [1.82, 2.24) is 10.3 Å². The van der Waals surface area contributed by atoms with Crippen molar-refractivity contribution < 1.29 is 0 Å². The zero-order valence-corrected chi connectivity index (χ0v) is 9.78. The fourth-order valence-electron chi connectivity index (χ4n) is 1.83. The molecule has 80 valence electrons. The molecule has 2 aromatic rings. The summed E-state index contributed by atoms with van der Waals surface area (Å²) >= 11 is 6.17. The Balaban J connectivity index is 2.48. The maximum Gasteiger partial charge on any atom is 0.110 e. The Labute approximate surface area is 94.6 Å². The smallest absolute Gasteiger partial charge is 0.110 e. The normalized spacial score (nSPS) is 11.1. The minimum Gasteiger partial charge on any atom is -0.345 e. The highest BCUT2D eigenvalue weighted by Gasteiger charge is 2.08. The van der Waals surface area contributed by atoms with Crippen molar-refractivity contribution in [2.75, 3.05) is 13.6 Å². The van der Waals surface area contributed by atoms with Crippen LogP contribution in [0.4, 0.5) is 0 Å². The standard InChI is InChI=1S/C12H15ClN2/c1-8-3-4-9-10(5-6-14-2)12(13)15-11(9)7-8/h3-4,7,14-15H,5-6H2,1-2H3. The van der Waals surface area contributed by atoms with Crippen LogP contribution in [0.25, 0.3) is 10.9 Å². The van der Waals surface area contributed by atoms with Crippen molar-refractivity contribution in [2.45, 2.75) is 13.3 Å². The van der Waals surface area contributed by atoms with Crippen molar-refractivity contribution >= 4 is 22.5 Å². The highest BCUT2D eigenvalue weighted by atomic mass is 35.5. The molecule has 3 heteroatoms. The number of fused-ring (bicyclic) bond motifs is 1. The summed E-state index contributed by atoms with van der Waals surface area (Å²) in [5, 5.41) is 5.14. The molecule has 0 fully saturated rings. The number of nitrogens with one attached hydrogen (secondary N) is 2. The second-order valence-electron chi connectivity index (χ2n) is 3.82. The van der Waals surface area contributed by atoms with Crippen molar-refractivity contribution in [1.29, 1.82) is 0 Å². The van der Waals surface area contributed by atoms with Crippen LogP contribution < -0.4 is 5.32 Å². The van der Waals surface area contributed by atoms with Gasteiger partial charge in [0.2, 0.25) is 0 Å². The van der Waals surface area contributed by atoms with E-state index in [9.17, 15) is 0 Å². The van der Waals surface area contributed by atoms with Crippen molar-refractivity contribution in [2.24, 2.45) is 0 Å². The van der Waals surface area contributed by atoms with Crippen LogP contribution in [0.3, 0.4) is 0 Å². The Morgan fingerprint density at radius 3 is 2.93 bits per heavy atom. The van der Waals surface area contributed by atoms with Crippen LogP contribution in [0, 0.1) is 6.92 Å². The lowest BCUT2D eigenvalue weighted by Gasteiger charge is -1.99. The topological polar surface area (TPSA) is 27.8 Å². The number of aryl methyl sites for hydroxylation is 1. The lowest BCUT2D eigenvalue weighted by Crippen LogP contribution is -2.10. The molecule has 2 nitrogen and oxygen atoms in total. The lowest BCUT2D eigenvalue weighted by atomic mass is 10.1. The van der Waals surface area contributed by atoms with Crippen LogP contribution in [0.15, 0.2) is 18.2 Å². The highest BCUT2D eigenvalue weighted by molar-refractivity contribution is 6.31. The van der Waals surface area contributed by atoms with Gasteiger partial charge in [0.1, 0.15) is 5.15 Å². The Morgan fingerprint density at radius 2 is 2.20 bits per heavy atom. The third-order valence-electron chi connectivity index (χ3n) is 2.63. The van der Waals surface area contributed by atoms with E-state index in [0.29, 0.717) is 0 Å². The summed E-state index contributed by atoms with van der Waals surface area (Å²) in [5.74, 6) is 0. The van der Waals surface area contributed by atoms with Crippen LogP contribution in [0.5, 0.6) is 0 Å². The summed E-state index contributed by atoms with van der Waals surface area (Å²) < 4.78 is 0. The molecule has 1 heterocycles. The van der Waals surface area contributed by atoms with Crippen molar-refractivity contribution in [3.05, 3.63) is 34.5 Å². The predicted octanol–water partition coefficient (Wildman–Crippen LogP) is 2.89. The Hall–Kier alpha value is -0.990. The molecule has 0 aliphatic rings. The number of aromatic amines is 1. The summed E-state index contributed by atoms with van der Waals surface area (Å²) in [4.78, 5) is 3.21. The monoisotopic (exact) mass is 222 g/mol. The minimum absolute atomic E-state index is 0.769. The van der Waals surface area contributed by atoms with Crippen LogP contribution in [0.1, 0.15) is 11.1 Å². The van der Waals surface area contributed by atoms with Gasteiger partial charge in [-0.05, 0) is 44.1 Å². The molecule has 0 saturated carbocycles. The van der Waals surface area contributed by atoms with E-state index in [2.05, 4.69) is 35.4 Å². The van der Waals surface area contributed by atoms with E-state index in [0.717, 1.165) is 23.6 Å². The molecule has 0 unspecified atom stereocenters. The zero-order valence-electron chi connectivity index (χ0n) is 9.02. The van der Waals surface area contributed by atoms with E-state index in [1.165, 1.54) is 16.5 Å². The Bertz CT molecular complexity index is 474. The van der Waals surface area contributed by atoms with Gasteiger partial charge in [-0.15, -0.1) is 0 Å². The van der Waals surface area contributed by atoms with Gasteiger partial charge in [0.15, 0.2) is 0 Å². The molecule has 0 radical (unpaired) electrons. The molecule has 0 spiro atoms. The predicted molar refractivity (Wildman–Crippen MR) is 65.7 cm³/mol. The number of hydrogen-bond acceptors (Lipinski definition) is 1. The van der Waals surface area contributed by atoms with Gasteiger partial charge in [0.05, 0.1) is 0 Å². The largest absolute Gasteiger partial charge is 0.345 e. The van der Waals surface area contributed by atoms with Gasteiger partial charge in [-0.25, -0.2) is 0 Å². The average Bonchev–Trinajstić information content (AvgIpc) is 2.50. The summed E-state index contributed by atoms with van der Waals surface area (Å²) in [7, 11) is 1.95. The molecule has 2 N–H and O–H groups in total. The van der Waals surface area contributed by atoms with E-state index in [1.54, 1.807) is 0 Å². The molecule has 0 saturated heterocycles. The van der Waals surface area contributed by atoms with Crippen molar-refractivity contribution in [3.63, 3.8) is 0 Å². The molecule has 0 aliphatic heterocycles. The quantitative estimate of drug-likeness (QED) is 0.821. The number of H-pyrrole nitrogens is 1. The van der Waals surface area contributed by atoms with E-state index >= 15 is 0 Å². The maximum absolute atomic E-state index is 6.17. The third kappa shape index (κ3) is 2.01. The molecule has 15 heavy (non-hydrogen) atoms. The molecule has 1 aromatic heterocycles. The molecule has 0 amide bonds. The number of likely N-dealkylation sites (N-methyl/N-ethyl adjacent to an activating group) is 1. The first kappa shape index (κ1) is 10.5. The molecular weight excluding hydrogens is 208 g/mol. The van der Waals surface area contributed by atoms with Gasteiger partial charge < -0.3 is 10.3 Å². The van der Waals surface area contributed by atoms with Gasteiger partial charge in [-0.2, -0.15) is 0 Å². The second-order valence-corrected chi connectivity index (χ2v) is 4.20. The van der Waals surface area contributed by atoms with Gasteiger partial charge >= 0.3 is 0 Å². The van der Waals surface area contributed by atoms with E-state index in [-0.39, 0.29) is 0 Å². The van der Waals surface area contributed by atoms with Crippen LogP contribution >= 0.6 is 11.6 Å². The van der Waals surface area contributed by atoms with Crippen LogP contribution in [0.2, 0.25) is 5.15 Å². The number of halogens is 1. The Morgan fingerprint density at radius 1 is 1.40 bits per heavy atom. The molecule has 0 bridgehead atoms.